The molecule has 0 radical (unpaired) electrons. The molecule has 0 N–H and O–H groups in total. The second-order valence-electron chi connectivity index (χ2n) is 7.43. The fraction of sp³-hybridized carbons (Fsp3) is 0.333. The van der Waals surface area contributed by atoms with E-state index in [0.717, 1.165) is 34.0 Å². The Morgan fingerprint density at radius 1 is 1.24 bits per heavy atom. The van der Waals surface area contributed by atoms with Crippen LogP contribution in [0.1, 0.15) is 33.3 Å². The zero-order valence-electron chi connectivity index (χ0n) is 16.8. The van der Waals surface area contributed by atoms with Gasteiger partial charge in [0.05, 0.1) is 29.0 Å². The molecule has 1 aromatic heterocycles. The summed E-state index contributed by atoms with van der Waals surface area (Å²) in [6, 6.07) is 7.74. The maximum absolute atomic E-state index is 13.2. The molecule has 0 saturated heterocycles. The van der Waals surface area contributed by atoms with Gasteiger partial charge in [-0.05, 0) is 51.5 Å². The van der Waals surface area contributed by atoms with E-state index in [2.05, 4.69) is 0 Å². The quantitative estimate of drug-likeness (QED) is 0.569. The van der Waals surface area contributed by atoms with Crippen LogP contribution in [0.4, 0.5) is 11.4 Å². The van der Waals surface area contributed by atoms with Crippen LogP contribution >= 0.6 is 0 Å². The largest absolute Gasteiger partial charge is 0.494 e. The number of hydrogen-bond acceptors (Lipinski definition) is 5. The lowest BCUT2D eigenvalue weighted by Crippen LogP contribution is -2.50. The molecule has 152 valence electrons. The molecule has 1 aromatic carbocycles. The summed E-state index contributed by atoms with van der Waals surface area (Å²) < 4.78 is 6.64. The molecule has 1 aliphatic heterocycles. The molecule has 0 saturated carbocycles. The van der Waals surface area contributed by atoms with Crippen molar-refractivity contribution in [2.75, 3.05) is 11.5 Å². The van der Waals surface area contributed by atoms with E-state index in [-0.39, 0.29) is 18.1 Å². The molecule has 3 rings (SSSR count). The number of carbonyl (C=O) groups excluding carboxylic acids is 1. The highest BCUT2D eigenvalue weighted by atomic mass is 16.6. The first-order valence-corrected chi connectivity index (χ1v) is 9.28. The molecule has 0 aliphatic carbocycles. The highest BCUT2D eigenvalue weighted by Gasteiger charge is 2.36. The molecule has 8 nitrogen and oxygen atoms in total. The van der Waals surface area contributed by atoms with Crippen LogP contribution in [0.15, 0.2) is 47.4 Å². The van der Waals surface area contributed by atoms with E-state index in [4.69, 9.17) is 4.74 Å². The number of anilines is 1. The van der Waals surface area contributed by atoms with Gasteiger partial charge in [0, 0.05) is 17.7 Å². The molecular weight excluding hydrogens is 374 g/mol. The fourth-order valence-electron chi connectivity index (χ4n) is 3.69. The molecule has 29 heavy (non-hydrogen) atoms. The normalized spacial score (nSPS) is 14.8. The van der Waals surface area contributed by atoms with Crippen molar-refractivity contribution in [2.24, 2.45) is 0 Å². The molecule has 0 atom stereocenters. The third-order valence-electron chi connectivity index (χ3n) is 4.82. The Labute approximate surface area is 168 Å². The second kappa shape index (κ2) is 7.54. The minimum Gasteiger partial charge on any atom is -0.494 e. The molecule has 0 bridgehead atoms. The van der Waals surface area contributed by atoms with Gasteiger partial charge in [0.1, 0.15) is 12.3 Å². The molecule has 2 heterocycles. The van der Waals surface area contributed by atoms with Crippen molar-refractivity contribution < 1.29 is 14.5 Å². The van der Waals surface area contributed by atoms with Gasteiger partial charge in [-0.1, -0.05) is 6.08 Å². The Bertz CT molecular complexity index is 1070. The van der Waals surface area contributed by atoms with Gasteiger partial charge in [-0.25, -0.2) is 0 Å². The lowest BCUT2D eigenvalue weighted by molar-refractivity contribution is -0.385. The lowest BCUT2D eigenvalue weighted by atomic mass is 9.88. The topological polar surface area (TPSA) is 94.7 Å². The number of nitrogens with zero attached hydrogens (tertiary/aromatic N) is 3. The number of rotatable bonds is 5. The number of hydrogen-bond donors (Lipinski definition) is 0. The number of aromatic nitrogens is 1. The van der Waals surface area contributed by atoms with Crippen LogP contribution in [-0.2, 0) is 11.3 Å². The molecule has 0 unspecified atom stereocenters. The Kier molecular flexibility index (Phi) is 5.28. The van der Waals surface area contributed by atoms with Crippen LogP contribution in [0.2, 0.25) is 0 Å². The van der Waals surface area contributed by atoms with Crippen molar-refractivity contribution in [1.29, 1.82) is 0 Å². The van der Waals surface area contributed by atoms with E-state index in [0.29, 0.717) is 18.0 Å². The van der Waals surface area contributed by atoms with Gasteiger partial charge in [-0.3, -0.25) is 24.3 Å². The van der Waals surface area contributed by atoms with Crippen LogP contribution in [0.5, 0.6) is 5.75 Å². The number of ether oxygens (including phenoxy) is 1. The van der Waals surface area contributed by atoms with Gasteiger partial charge in [0.15, 0.2) is 0 Å². The van der Waals surface area contributed by atoms with E-state index in [1.54, 1.807) is 11.0 Å². The standard InChI is InChI=1S/C21H23N3O5/c1-5-29-16-7-8-18-17(10-16)14(2)11-21(3,4)23(18)20(26)13-22-12-15(24(27)28)6-9-19(22)25/h6-12H,5,13H2,1-4H3. The Balaban J connectivity index is 2.02. The van der Waals surface area contributed by atoms with Crippen molar-refractivity contribution in [3.63, 3.8) is 0 Å². The van der Waals surface area contributed by atoms with E-state index in [1.807, 2.05) is 45.9 Å². The minimum atomic E-state index is -0.633. The summed E-state index contributed by atoms with van der Waals surface area (Å²) in [5.41, 5.74) is 1.25. The SMILES string of the molecule is CCOc1ccc2c(c1)C(C)=CC(C)(C)N2C(=O)Cn1cc([N+](=O)[O-])ccc1=O. The molecule has 0 spiro atoms. The number of benzene rings is 1. The highest BCUT2D eigenvalue weighted by Crippen LogP contribution is 2.40. The predicted molar refractivity (Wildman–Crippen MR) is 110 cm³/mol. The molecular formula is C21H23N3O5. The third kappa shape index (κ3) is 3.91. The van der Waals surface area contributed by atoms with Crippen molar-refractivity contribution in [3.05, 3.63) is 68.6 Å². The summed E-state index contributed by atoms with van der Waals surface area (Å²) in [5.74, 6) is 0.368. The number of nitro groups is 1. The molecule has 1 aliphatic rings. The first-order chi connectivity index (χ1) is 13.6. The van der Waals surface area contributed by atoms with E-state index < -0.39 is 16.0 Å². The van der Waals surface area contributed by atoms with Crippen molar-refractivity contribution in [3.8, 4) is 5.75 Å². The van der Waals surface area contributed by atoms with E-state index >= 15 is 0 Å². The third-order valence-corrected chi connectivity index (χ3v) is 4.82. The number of amides is 1. The summed E-state index contributed by atoms with van der Waals surface area (Å²) in [4.78, 5) is 37.4. The summed E-state index contributed by atoms with van der Waals surface area (Å²) in [6.45, 7) is 7.92. The first kappa shape index (κ1) is 20.3. The minimum absolute atomic E-state index is 0.243. The zero-order valence-corrected chi connectivity index (χ0v) is 16.8. The van der Waals surface area contributed by atoms with E-state index in [9.17, 15) is 19.7 Å². The summed E-state index contributed by atoms with van der Waals surface area (Å²) in [5, 5.41) is 11.0. The average Bonchev–Trinajstić information content (AvgIpc) is 2.63. The van der Waals surface area contributed by atoms with Crippen LogP contribution < -0.4 is 15.2 Å². The number of pyridine rings is 1. The Morgan fingerprint density at radius 2 is 1.97 bits per heavy atom. The number of fused-ring (bicyclic) bond motifs is 1. The van der Waals surface area contributed by atoms with Gasteiger partial charge >= 0.3 is 0 Å². The van der Waals surface area contributed by atoms with Gasteiger partial charge in [0.2, 0.25) is 5.91 Å². The highest BCUT2D eigenvalue weighted by molar-refractivity contribution is 6.00. The van der Waals surface area contributed by atoms with Crippen LogP contribution in [-0.4, -0.2) is 27.5 Å². The fourth-order valence-corrected chi connectivity index (χ4v) is 3.69. The van der Waals surface area contributed by atoms with Gasteiger partial charge in [0.25, 0.3) is 11.2 Å². The lowest BCUT2D eigenvalue weighted by Gasteiger charge is -2.41. The van der Waals surface area contributed by atoms with Crippen molar-refractivity contribution >= 4 is 22.9 Å². The van der Waals surface area contributed by atoms with Gasteiger partial charge in [-0.2, -0.15) is 0 Å². The molecule has 8 heteroatoms. The molecule has 0 fully saturated rings. The van der Waals surface area contributed by atoms with Crippen molar-refractivity contribution in [1.82, 2.24) is 4.57 Å². The van der Waals surface area contributed by atoms with Gasteiger partial charge in [-0.15, -0.1) is 0 Å². The van der Waals surface area contributed by atoms with Crippen LogP contribution in [0.3, 0.4) is 0 Å². The number of carbonyl (C=O) groups is 1. The average molecular weight is 397 g/mol. The van der Waals surface area contributed by atoms with E-state index in [1.165, 1.54) is 0 Å². The van der Waals surface area contributed by atoms with Crippen LogP contribution in [0, 0.1) is 10.1 Å². The summed E-state index contributed by atoms with van der Waals surface area (Å²) >= 11 is 0. The van der Waals surface area contributed by atoms with Crippen molar-refractivity contribution in [2.45, 2.75) is 39.8 Å². The zero-order chi connectivity index (χ0) is 21.3. The first-order valence-electron chi connectivity index (χ1n) is 9.28. The number of allylic oxidation sites excluding steroid dienone is 1. The molecule has 2 aromatic rings. The van der Waals surface area contributed by atoms with Gasteiger partial charge < -0.3 is 9.64 Å². The Hall–Kier alpha value is -3.42. The maximum Gasteiger partial charge on any atom is 0.285 e. The van der Waals surface area contributed by atoms with Crippen LogP contribution in [0.25, 0.3) is 5.57 Å². The maximum atomic E-state index is 13.2. The predicted octanol–water partition coefficient (Wildman–Crippen LogP) is 3.38. The second-order valence-corrected chi connectivity index (χ2v) is 7.43. The molecule has 1 amide bonds. The summed E-state index contributed by atoms with van der Waals surface area (Å²) in [6.07, 6.45) is 3.08. The monoisotopic (exact) mass is 397 g/mol. The summed E-state index contributed by atoms with van der Waals surface area (Å²) in [7, 11) is 0. The Morgan fingerprint density at radius 3 is 2.62 bits per heavy atom. The smallest absolute Gasteiger partial charge is 0.285 e.